The number of fused-ring (bicyclic) bond motifs is 6. The number of aryl methyl sites for hydroxylation is 2. The molecule has 0 spiro atoms. The van der Waals surface area contributed by atoms with E-state index >= 15 is 0 Å². The smallest absolute Gasteiger partial charge is 0.220 e. The van der Waals surface area contributed by atoms with E-state index in [4.69, 9.17) is 25.8 Å². The Kier molecular flexibility index (Phi) is 9.82. The Morgan fingerprint density at radius 2 is 1.77 bits per heavy atom. The molecule has 6 rings (SSSR count). The summed E-state index contributed by atoms with van der Waals surface area (Å²) >= 11 is 6.44. The third-order valence-electron chi connectivity index (χ3n) is 9.34. The van der Waals surface area contributed by atoms with Gasteiger partial charge in [0.2, 0.25) is 23.0 Å². The Morgan fingerprint density at radius 1 is 0.958 bits per heavy atom. The molecule has 48 heavy (non-hydrogen) atoms. The van der Waals surface area contributed by atoms with Gasteiger partial charge in [0.25, 0.3) is 0 Å². The van der Waals surface area contributed by atoms with Crippen molar-refractivity contribution in [1.82, 2.24) is 15.6 Å². The maximum Gasteiger partial charge on any atom is 0.220 e. The Balaban J connectivity index is 1.20. The average Bonchev–Trinajstić information content (AvgIpc) is 3.31. The lowest BCUT2D eigenvalue weighted by molar-refractivity contribution is -0.122. The van der Waals surface area contributed by atoms with Crippen LogP contribution in [-0.2, 0) is 22.4 Å². The largest absolute Gasteiger partial charge is 0.493 e. The Labute approximate surface area is 284 Å². The van der Waals surface area contributed by atoms with Crippen molar-refractivity contribution < 1.29 is 23.8 Å². The molecule has 0 radical (unpaired) electrons. The summed E-state index contributed by atoms with van der Waals surface area (Å²) < 4.78 is 17.1. The molecule has 0 bridgehead atoms. The summed E-state index contributed by atoms with van der Waals surface area (Å²) in [6.45, 7) is 1.90. The first-order valence-electron chi connectivity index (χ1n) is 16.3. The monoisotopic (exact) mass is 672 g/mol. The van der Waals surface area contributed by atoms with Crippen LogP contribution in [-0.4, -0.2) is 44.7 Å². The number of hydrogen-bond donors (Lipinski definition) is 4. The highest BCUT2D eigenvalue weighted by Gasteiger charge is 2.30. The van der Waals surface area contributed by atoms with Crippen LogP contribution in [0.5, 0.6) is 17.2 Å². The van der Waals surface area contributed by atoms with Crippen molar-refractivity contribution in [2.75, 3.05) is 33.2 Å². The van der Waals surface area contributed by atoms with E-state index in [-0.39, 0.29) is 23.3 Å². The number of nitrogens with one attached hydrogen (secondary N) is 4. The van der Waals surface area contributed by atoms with Crippen LogP contribution in [0.15, 0.2) is 47.3 Å². The van der Waals surface area contributed by atoms with Crippen LogP contribution in [0.4, 0.5) is 5.69 Å². The molecule has 1 heterocycles. The van der Waals surface area contributed by atoms with Crippen molar-refractivity contribution in [3.05, 3.63) is 80.1 Å². The molecule has 2 unspecified atom stereocenters. The summed E-state index contributed by atoms with van der Waals surface area (Å²) in [5.41, 5.74) is 6.56. The van der Waals surface area contributed by atoms with E-state index in [9.17, 15) is 14.4 Å². The summed E-state index contributed by atoms with van der Waals surface area (Å²) in [4.78, 5) is 42.3. The number of amides is 2. The van der Waals surface area contributed by atoms with Crippen molar-refractivity contribution in [3.63, 3.8) is 0 Å². The molecule has 10 nitrogen and oxygen atoms in total. The lowest BCUT2D eigenvalue weighted by atomic mass is 9.91. The van der Waals surface area contributed by atoms with Gasteiger partial charge < -0.3 is 35.1 Å². The van der Waals surface area contributed by atoms with Gasteiger partial charge in [0, 0.05) is 36.5 Å². The number of methoxy groups -OCH3 is 3. The number of carbonyl (C=O) groups is 2. The second-order valence-electron chi connectivity index (χ2n) is 12.3. The molecule has 252 valence electrons. The summed E-state index contributed by atoms with van der Waals surface area (Å²) in [5, 5.41) is 11.3. The summed E-state index contributed by atoms with van der Waals surface area (Å²) in [7, 11) is 4.70. The van der Waals surface area contributed by atoms with Gasteiger partial charge in [0.1, 0.15) is 0 Å². The zero-order valence-electron chi connectivity index (χ0n) is 27.7. The van der Waals surface area contributed by atoms with Crippen LogP contribution < -0.4 is 35.6 Å². The van der Waals surface area contributed by atoms with Crippen LogP contribution in [0.3, 0.4) is 0 Å². The van der Waals surface area contributed by atoms with Crippen LogP contribution in [0.2, 0.25) is 5.02 Å². The SMILES string of the molecule is COc1cc2c(c(OC)c1OC)-c1ccc(NCCCC(=O)NC3CCCc4c3[nH]c3c(Cl)cccc43)c(=O)cc1C(NC(C)=O)CC2. The molecule has 2 aliphatic carbocycles. The third kappa shape index (κ3) is 6.41. The van der Waals surface area contributed by atoms with Gasteiger partial charge >= 0.3 is 0 Å². The molecule has 3 aromatic carbocycles. The molecule has 4 N–H and O–H groups in total. The number of aromatic nitrogens is 1. The lowest BCUT2D eigenvalue weighted by Gasteiger charge is -2.24. The molecule has 1 aromatic heterocycles. The Bertz CT molecular complexity index is 1940. The number of halogens is 1. The summed E-state index contributed by atoms with van der Waals surface area (Å²) in [6, 6.07) is 12.6. The second-order valence-corrected chi connectivity index (χ2v) is 12.7. The highest BCUT2D eigenvalue weighted by atomic mass is 35.5. The van der Waals surface area contributed by atoms with E-state index in [0.717, 1.165) is 52.5 Å². The lowest BCUT2D eigenvalue weighted by Crippen LogP contribution is -2.31. The minimum atomic E-state index is -0.392. The number of benzene rings is 2. The zero-order chi connectivity index (χ0) is 33.9. The molecule has 2 amide bonds. The van der Waals surface area contributed by atoms with Gasteiger partial charge in [0.15, 0.2) is 11.5 Å². The molecule has 4 aromatic rings. The van der Waals surface area contributed by atoms with Crippen LogP contribution >= 0.6 is 11.6 Å². The first-order chi connectivity index (χ1) is 23.2. The topological polar surface area (TPSA) is 131 Å². The molecular formula is C37H41ClN4O6. The molecule has 0 saturated carbocycles. The van der Waals surface area contributed by atoms with E-state index < -0.39 is 6.04 Å². The fourth-order valence-electron chi connectivity index (χ4n) is 7.19. The fourth-order valence-corrected chi connectivity index (χ4v) is 7.41. The van der Waals surface area contributed by atoms with Gasteiger partial charge in [-0.2, -0.15) is 0 Å². The minimum Gasteiger partial charge on any atom is -0.493 e. The minimum absolute atomic E-state index is 0.0432. The van der Waals surface area contributed by atoms with E-state index in [1.54, 1.807) is 33.5 Å². The first kappa shape index (κ1) is 33.2. The third-order valence-corrected chi connectivity index (χ3v) is 9.65. The highest BCUT2D eigenvalue weighted by Crippen LogP contribution is 2.50. The van der Waals surface area contributed by atoms with Crippen molar-refractivity contribution >= 4 is 40.0 Å². The van der Waals surface area contributed by atoms with Crippen molar-refractivity contribution in [2.24, 2.45) is 0 Å². The number of hydrogen-bond acceptors (Lipinski definition) is 7. The molecule has 2 atom stereocenters. The number of H-pyrrole nitrogens is 1. The van der Waals surface area contributed by atoms with Gasteiger partial charge in [0.05, 0.1) is 49.6 Å². The summed E-state index contributed by atoms with van der Waals surface area (Å²) in [6.07, 6.45) is 4.83. The summed E-state index contributed by atoms with van der Waals surface area (Å²) in [5.74, 6) is 1.26. The molecule has 2 aliphatic rings. The fraction of sp³-hybridized carbons (Fsp3) is 0.378. The number of rotatable bonds is 10. The van der Waals surface area contributed by atoms with Gasteiger partial charge in [-0.05, 0) is 85.0 Å². The van der Waals surface area contributed by atoms with Crippen molar-refractivity contribution in [3.8, 4) is 28.4 Å². The number of aromatic amines is 1. The Morgan fingerprint density at radius 3 is 2.52 bits per heavy atom. The maximum atomic E-state index is 13.6. The second kappa shape index (κ2) is 14.2. The zero-order valence-corrected chi connectivity index (χ0v) is 28.4. The first-order valence-corrected chi connectivity index (χ1v) is 16.7. The average molecular weight is 673 g/mol. The molecule has 0 fully saturated rings. The standard InChI is InChI=1S/C37H41ClN4O6/c1-20(43)40-27-15-13-21-18-31(46-2)36(47-3)37(48-4)33(21)22-14-16-28(30(44)19-25(22)27)39-17-7-12-32(45)41-29-11-6-9-24-23-8-5-10-26(38)34(23)42-35(24)29/h5,8,10,14,16,18-19,27,29,42H,6-7,9,11-13,15,17H2,1-4H3,(H,39,44)(H,40,43)(H,41,45). The van der Waals surface area contributed by atoms with Gasteiger partial charge in [-0.25, -0.2) is 0 Å². The molecule has 11 heteroatoms. The van der Waals surface area contributed by atoms with E-state index in [0.29, 0.717) is 65.8 Å². The maximum absolute atomic E-state index is 13.6. The van der Waals surface area contributed by atoms with Gasteiger partial charge in [-0.15, -0.1) is 0 Å². The van der Waals surface area contributed by atoms with Gasteiger partial charge in [-0.3, -0.25) is 14.4 Å². The highest BCUT2D eigenvalue weighted by molar-refractivity contribution is 6.35. The normalized spacial score (nSPS) is 16.5. The number of ether oxygens (including phenoxy) is 3. The van der Waals surface area contributed by atoms with Gasteiger partial charge in [-0.1, -0.05) is 29.8 Å². The predicted octanol–water partition coefficient (Wildman–Crippen LogP) is 6.38. The Hall–Kier alpha value is -4.70. The van der Waals surface area contributed by atoms with E-state index in [1.165, 1.54) is 12.5 Å². The van der Waals surface area contributed by atoms with Crippen LogP contribution in [0.25, 0.3) is 22.0 Å². The van der Waals surface area contributed by atoms with E-state index in [2.05, 4.69) is 27.0 Å². The number of para-hydroxylation sites is 1. The predicted molar refractivity (Wildman–Crippen MR) is 188 cm³/mol. The quantitative estimate of drug-likeness (QED) is 0.144. The number of anilines is 1. The van der Waals surface area contributed by atoms with E-state index in [1.807, 2.05) is 24.3 Å². The number of carbonyl (C=O) groups excluding carboxylic acids is 2. The van der Waals surface area contributed by atoms with Crippen LogP contribution in [0.1, 0.15) is 73.5 Å². The molecule has 0 saturated heterocycles. The van der Waals surface area contributed by atoms with Crippen LogP contribution in [0, 0.1) is 0 Å². The molecular weight excluding hydrogens is 632 g/mol. The molecule has 0 aliphatic heterocycles. The van der Waals surface area contributed by atoms with Crippen molar-refractivity contribution in [2.45, 2.75) is 64.0 Å². The van der Waals surface area contributed by atoms with Crippen molar-refractivity contribution in [1.29, 1.82) is 0 Å².